The Bertz CT molecular complexity index is 472. The van der Waals surface area contributed by atoms with Crippen LogP contribution in [0.25, 0.3) is 0 Å². The summed E-state index contributed by atoms with van der Waals surface area (Å²) in [6.07, 6.45) is 1.28. The number of carbonyl (C=O) groups excluding carboxylic acids is 1. The fraction of sp³-hybridized carbons (Fsp3) is 0.562. The average molecular weight is 261 g/mol. The van der Waals surface area contributed by atoms with Crippen molar-refractivity contribution in [2.45, 2.75) is 45.3 Å². The van der Waals surface area contributed by atoms with E-state index in [0.29, 0.717) is 6.42 Å². The van der Waals surface area contributed by atoms with Crippen LogP contribution >= 0.6 is 0 Å². The second-order valence-electron chi connectivity index (χ2n) is 5.44. The summed E-state index contributed by atoms with van der Waals surface area (Å²) in [5.74, 6) is -0.120. The van der Waals surface area contributed by atoms with Crippen molar-refractivity contribution in [3.63, 3.8) is 0 Å². The number of carbonyl (C=O) groups is 1. The SMILES string of the molecule is CCC(=O)O[C@]1(c2ccccc2C)CCN(C)[C@@H]1C. The van der Waals surface area contributed by atoms with Crippen molar-refractivity contribution in [1.82, 2.24) is 4.90 Å². The van der Waals surface area contributed by atoms with Gasteiger partial charge in [-0.25, -0.2) is 0 Å². The monoisotopic (exact) mass is 261 g/mol. The van der Waals surface area contributed by atoms with Crippen LogP contribution in [-0.4, -0.2) is 30.5 Å². The zero-order valence-electron chi connectivity index (χ0n) is 12.3. The minimum Gasteiger partial charge on any atom is -0.452 e. The van der Waals surface area contributed by atoms with Crippen molar-refractivity contribution in [1.29, 1.82) is 0 Å². The molecule has 1 saturated heterocycles. The van der Waals surface area contributed by atoms with E-state index in [0.717, 1.165) is 18.5 Å². The van der Waals surface area contributed by atoms with Crippen molar-refractivity contribution in [2.24, 2.45) is 0 Å². The van der Waals surface area contributed by atoms with Gasteiger partial charge in [0.1, 0.15) is 0 Å². The molecule has 0 amide bonds. The summed E-state index contributed by atoms with van der Waals surface area (Å²) in [5, 5.41) is 0. The van der Waals surface area contributed by atoms with Crippen LogP contribution in [0.15, 0.2) is 24.3 Å². The quantitative estimate of drug-likeness (QED) is 0.784. The van der Waals surface area contributed by atoms with Crippen molar-refractivity contribution in [3.8, 4) is 0 Å². The Labute approximate surface area is 115 Å². The van der Waals surface area contributed by atoms with Gasteiger partial charge in [-0.1, -0.05) is 31.2 Å². The molecule has 1 aromatic rings. The lowest BCUT2D eigenvalue weighted by molar-refractivity contribution is -0.163. The minimum atomic E-state index is -0.493. The summed E-state index contributed by atoms with van der Waals surface area (Å²) >= 11 is 0. The van der Waals surface area contributed by atoms with Crippen molar-refractivity contribution in [2.75, 3.05) is 13.6 Å². The molecule has 2 rings (SSSR count). The van der Waals surface area contributed by atoms with Gasteiger partial charge in [-0.05, 0) is 26.5 Å². The van der Waals surface area contributed by atoms with E-state index in [4.69, 9.17) is 4.74 Å². The summed E-state index contributed by atoms with van der Waals surface area (Å²) in [4.78, 5) is 14.1. The second kappa shape index (κ2) is 5.33. The summed E-state index contributed by atoms with van der Waals surface area (Å²) in [6, 6.07) is 8.42. The molecular formula is C16H23NO2. The highest BCUT2D eigenvalue weighted by atomic mass is 16.6. The largest absolute Gasteiger partial charge is 0.452 e. The van der Waals surface area contributed by atoms with Gasteiger partial charge in [-0.2, -0.15) is 0 Å². The first-order valence-corrected chi connectivity index (χ1v) is 6.99. The summed E-state index contributed by atoms with van der Waals surface area (Å²) in [5.41, 5.74) is 1.84. The maximum atomic E-state index is 11.9. The van der Waals surface area contributed by atoms with Crippen molar-refractivity contribution >= 4 is 5.97 Å². The van der Waals surface area contributed by atoms with Crippen LogP contribution in [0.5, 0.6) is 0 Å². The first kappa shape index (κ1) is 14.1. The van der Waals surface area contributed by atoms with Crippen molar-refractivity contribution in [3.05, 3.63) is 35.4 Å². The number of likely N-dealkylation sites (N-methyl/N-ethyl adjacent to an activating group) is 1. The third-order valence-corrected chi connectivity index (χ3v) is 4.36. The van der Waals surface area contributed by atoms with Gasteiger partial charge >= 0.3 is 5.97 Å². The maximum absolute atomic E-state index is 11.9. The normalized spacial score (nSPS) is 27.5. The third kappa shape index (κ3) is 2.39. The van der Waals surface area contributed by atoms with Gasteiger partial charge in [0.25, 0.3) is 0 Å². The first-order valence-electron chi connectivity index (χ1n) is 6.99. The molecule has 0 aromatic heterocycles. The Balaban J connectivity index is 2.46. The molecule has 1 aliphatic rings. The number of rotatable bonds is 3. The summed E-state index contributed by atoms with van der Waals surface area (Å²) in [6.45, 7) is 7.02. The standard InChI is InChI=1S/C16H23NO2/c1-5-15(18)19-16(10-11-17(4)13(16)3)14-9-7-6-8-12(14)2/h6-9,13H,5,10-11H2,1-4H3/t13-,16-/m1/s1. The fourth-order valence-corrected chi connectivity index (χ4v) is 2.97. The van der Waals surface area contributed by atoms with E-state index < -0.39 is 5.60 Å². The van der Waals surface area contributed by atoms with Gasteiger partial charge in [-0.15, -0.1) is 0 Å². The van der Waals surface area contributed by atoms with E-state index in [9.17, 15) is 4.79 Å². The number of likely N-dealkylation sites (tertiary alicyclic amines) is 1. The Morgan fingerprint density at radius 3 is 2.68 bits per heavy atom. The van der Waals surface area contributed by atoms with E-state index in [1.54, 1.807) is 0 Å². The van der Waals surface area contributed by atoms with Crippen LogP contribution in [0.2, 0.25) is 0 Å². The van der Waals surface area contributed by atoms with E-state index in [1.807, 2.05) is 19.1 Å². The molecule has 19 heavy (non-hydrogen) atoms. The zero-order chi connectivity index (χ0) is 14.0. The lowest BCUT2D eigenvalue weighted by atomic mass is 9.84. The zero-order valence-corrected chi connectivity index (χ0v) is 12.3. The first-order chi connectivity index (χ1) is 9.01. The van der Waals surface area contributed by atoms with Crippen LogP contribution in [0.1, 0.15) is 37.8 Å². The predicted octanol–water partition coefficient (Wildman–Crippen LogP) is 2.87. The van der Waals surface area contributed by atoms with Gasteiger partial charge in [0.05, 0.1) is 6.04 Å². The van der Waals surface area contributed by atoms with Gasteiger partial charge < -0.3 is 4.74 Å². The van der Waals surface area contributed by atoms with Gasteiger partial charge in [0, 0.05) is 24.9 Å². The molecule has 1 aromatic carbocycles. The number of benzene rings is 1. The molecule has 0 spiro atoms. The molecule has 0 bridgehead atoms. The number of hydrogen-bond acceptors (Lipinski definition) is 3. The molecule has 3 heteroatoms. The highest BCUT2D eigenvalue weighted by Gasteiger charge is 2.48. The Kier molecular flexibility index (Phi) is 3.95. The van der Waals surface area contributed by atoms with E-state index >= 15 is 0 Å². The predicted molar refractivity (Wildman–Crippen MR) is 75.9 cm³/mol. The third-order valence-electron chi connectivity index (χ3n) is 4.36. The Morgan fingerprint density at radius 1 is 1.47 bits per heavy atom. The minimum absolute atomic E-state index is 0.120. The van der Waals surface area contributed by atoms with Crippen LogP contribution in [-0.2, 0) is 15.1 Å². The molecular weight excluding hydrogens is 238 g/mol. The van der Waals surface area contributed by atoms with E-state index in [2.05, 4.69) is 37.9 Å². The van der Waals surface area contributed by atoms with Gasteiger partial charge in [0.2, 0.25) is 0 Å². The summed E-state index contributed by atoms with van der Waals surface area (Å²) in [7, 11) is 2.09. The molecule has 1 aliphatic heterocycles. The number of ether oxygens (including phenoxy) is 1. The fourth-order valence-electron chi connectivity index (χ4n) is 2.97. The molecule has 0 N–H and O–H groups in total. The van der Waals surface area contributed by atoms with Crippen LogP contribution in [0, 0.1) is 6.92 Å². The highest BCUT2D eigenvalue weighted by molar-refractivity contribution is 5.70. The smallest absolute Gasteiger partial charge is 0.306 e. The Morgan fingerprint density at radius 2 is 2.16 bits per heavy atom. The van der Waals surface area contributed by atoms with E-state index in [-0.39, 0.29) is 12.0 Å². The molecule has 2 atom stereocenters. The number of esters is 1. The molecule has 0 radical (unpaired) electrons. The molecule has 0 saturated carbocycles. The molecule has 1 heterocycles. The average Bonchev–Trinajstić information content (AvgIpc) is 2.68. The van der Waals surface area contributed by atoms with Gasteiger partial charge in [-0.3, -0.25) is 9.69 Å². The highest BCUT2D eigenvalue weighted by Crippen LogP contribution is 2.42. The molecule has 104 valence electrons. The maximum Gasteiger partial charge on any atom is 0.306 e. The molecule has 0 unspecified atom stereocenters. The Hall–Kier alpha value is -1.35. The number of hydrogen-bond donors (Lipinski definition) is 0. The summed E-state index contributed by atoms with van der Waals surface area (Å²) < 4.78 is 5.92. The lowest BCUT2D eigenvalue weighted by Crippen LogP contribution is -2.43. The van der Waals surface area contributed by atoms with Gasteiger partial charge in [0.15, 0.2) is 5.60 Å². The lowest BCUT2D eigenvalue weighted by Gasteiger charge is -2.36. The van der Waals surface area contributed by atoms with Crippen LogP contribution in [0.4, 0.5) is 0 Å². The topological polar surface area (TPSA) is 29.5 Å². The number of aryl methyl sites for hydroxylation is 1. The molecule has 0 aliphatic carbocycles. The second-order valence-corrected chi connectivity index (χ2v) is 5.44. The van der Waals surface area contributed by atoms with Crippen LogP contribution in [0.3, 0.4) is 0 Å². The van der Waals surface area contributed by atoms with E-state index in [1.165, 1.54) is 5.56 Å². The number of nitrogens with zero attached hydrogens (tertiary/aromatic N) is 1. The molecule has 3 nitrogen and oxygen atoms in total. The molecule has 1 fully saturated rings. The van der Waals surface area contributed by atoms with Crippen LogP contribution < -0.4 is 0 Å². The van der Waals surface area contributed by atoms with Crippen molar-refractivity contribution < 1.29 is 9.53 Å².